The van der Waals surface area contributed by atoms with Crippen molar-refractivity contribution in [3.63, 3.8) is 0 Å². The molecule has 2 aromatic rings. The molecule has 4 heteroatoms. The topological polar surface area (TPSA) is 27.1 Å². The van der Waals surface area contributed by atoms with Crippen LogP contribution in [0.2, 0.25) is 0 Å². The average molecular weight is 276 g/mol. The summed E-state index contributed by atoms with van der Waals surface area (Å²) in [7, 11) is 0. The number of aryl methyl sites for hydroxylation is 1. The molecule has 3 nitrogen and oxygen atoms in total. The summed E-state index contributed by atoms with van der Waals surface area (Å²) in [6, 6.07) is 8.36. The molecule has 0 bridgehead atoms. The Bertz CT molecular complexity index is 546. The monoisotopic (exact) mass is 276 g/mol. The van der Waals surface area contributed by atoms with E-state index in [2.05, 4.69) is 29.7 Å². The van der Waals surface area contributed by atoms with Gasteiger partial charge >= 0.3 is 0 Å². The first-order valence-electron chi connectivity index (χ1n) is 7.08. The maximum atomic E-state index is 5.79. The number of hydrogen-bond acceptors (Lipinski definition) is 3. The largest absolute Gasteiger partial charge is 0.377 e. The first-order valence-corrected chi connectivity index (χ1v) is 8.06. The van der Waals surface area contributed by atoms with E-state index in [0.29, 0.717) is 6.10 Å². The van der Waals surface area contributed by atoms with Crippen LogP contribution < -0.4 is 0 Å². The molecule has 1 fully saturated rings. The quantitative estimate of drug-likeness (QED) is 0.796. The molecular formula is C15H20N2OS. The molecule has 102 valence electrons. The van der Waals surface area contributed by atoms with Crippen molar-refractivity contribution < 1.29 is 4.74 Å². The van der Waals surface area contributed by atoms with Crippen molar-refractivity contribution in [1.29, 1.82) is 0 Å². The summed E-state index contributed by atoms with van der Waals surface area (Å²) < 4.78 is 8.08. The number of thioether (sulfide) groups is 1. The Kier molecular flexibility index (Phi) is 4.09. The second-order valence-electron chi connectivity index (χ2n) is 4.93. The third-order valence-electron chi connectivity index (χ3n) is 3.61. The molecule has 19 heavy (non-hydrogen) atoms. The van der Waals surface area contributed by atoms with E-state index in [1.54, 1.807) is 0 Å². The van der Waals surface area contributed by atoms with Gasteiger partial charge in [-0.1, -0.05) is 23.9 Å². The molecule has 3 rings (SSSR count). The van der Waals surface area contributed by atoms with Crippen LogP contribution in [0.15, 0.2) is 29.4 Å². The van der Waals surface area contributed by atoms with Crippen molar-refractivity contribution in [2.45, 2.75) is 44.0 Å². The third-order valence-corrected chi connectivity index (χ3v) is 4.72. The van der Waals surface area contributed by atoms with Gasteiger partial charge in [-0.3, -0.25) is 0 Å². The van der Waals surface area contributed by atoms with Crippen molar-refractivity contribution in [2.24, 2.45) is 0 Å². The number of nitrogens with zero attached hydrogens (tertiary/aromatic N) is 2. The molecule has 1 aromatic carbocycles. The average Bonchev–Trinajstić information content (AvgIpc) is 2.83. The number of rotatable bonds is 4. The standard InChI is InChI=1S/C15H20N2OS/c1-2-17-14-9-4-3-8-13(14)16-15(17)19-11-12-7-5-6-10-18-12/h3-4,8-9,12H,2,5-7,10-11H2,1H3. The summed E-state index contributed by atoms with van der Waals surface area (Å²) in [6.07, 6.45) is 4.12. The van der Waals surface area contributed by atoms with Gasteiger partial charge in [0, 0.05) is 18.9 Å². The minimum absolute atomic E-state index is 0.406. The molecule has 0 N–H and O–H groups in total. The highest BCUT2D eigenvalue weighted by Gasteiger charge is 2.16. The molecule has 1 aliphatic rings. The SMILES string of the molecule is CCn1c(SCC2CCCCO2)nc2ccccc21. The molecule has 1 aromatic heterocycles. The second kappa shape index (κ2) is 5.97. The third kappa shape index (κ3) is 2.79. The fourth-order valence-electron chi connectivity index (χ4n) is 2.58. The molecule has 0 spiro atoms. The van der Waals surface area contributed by atoms with E-state index in [9.17, 15) is 0 Å². The van der Waals surface area contributed by atoms with E-state index in [1.165, 1.54) is 24.8 Å². The second-order valence-corrected chi connectivity index (χ2v) is 5.91. The van der Waals surface area contributed by atoms with Crippen molar-refractivity contribution >= 4 is 22.8 Å². The Morgan fingerprint density at radius 1 is 1.37 bits per heavy atom. The van der Waals surface area contributed by atoms with Crippen molar-refractivity contribution in [1.82, 2.24) is 9.55 Å². The van der Waals surface area contributed by atoms with Crippen LogP contribution in [0.25, 0.3) is 11.0 Å². The Labute approximate surface area is 118 Å². The highest BCUT2D eigenvalue weighted by atomic mass is 32.2. The van der Waals surface area contributed by atoms with E-state index in [4.69, 9.17) is 9.72 Å². The first kappa shape index (κ1) is 13.0. The number of imidazole rings is 1. The maximum Gasteiger partial charge on any atom is 0.169 e. The van der Waals surface area contributed by atoms with Crippen LogP contribution in [0.4, 0.5) is 0 Å². The van der Waals surface area contributed by atoms with Crippen LogP contribution in [-0.4, -0.2) is 28.0 Å². The summed E-state index contributed by atoms with van der Waals surface area (Å²) in [5, 5.41) is 1.12. The van der Waals surface area contributed by atoms with E-state index >= 15 is 0 Å². The molecule has 2 heterocycles. The first-order chi connectivity index (χ1) is 9.38. The highest BCUT2D eigenvalue weighted by Crippen LogP contribution is 2.26. The number of aromatic nitrogens is 2. The fourth-order valence-corrected chi connectivity index (χ4v) is 3.72. The number of ether oxygens (including phenoxy) is 1. The van der Waals surface area contributed by atoms with Crippen LogP contribution in [0, 0.1) is 0 Å². The summed E-state index contributed by atoms with van der Waals surface area (Å²) in [4.78, 5) is 4.74. The molecule has 1 aliphatic heterocycles. The molecular weight excluding hydrogens is 256 g/mol. The van der Waals surface area contributed by atoms with Crippen molar-refractivity contribution in [2.75, 3.05) is 12.4 Å². The Balaban J connectivity index is 1.76. The van der Waals surface area contributed by atoms with Crippen molar-refractivity contribution in [3.8, 4) is 0 Å². The number of fused-ring (bicyclic) bond motifs is 1. The minimum atomic E-state index is 0.406. The zero-order valence-corrected chi connectivity index (χ0v) is 12.2. The van der Waals surface area contributed by atoms with Gasteiger partial charge in [-0.05, 0) is 38.3 Å². The van der Waals surface area contributed by atoms with Gasteiger partial charge < -0.3 is 9.30 Å². The Morgan fingerprint density at radius 2 is 2.26 bits per heavy atom. The summed E-state index contributed by atoms with van der Waals surface area (Å²) in [5.74, 6) is 1.02. The minimum Gasteiger partial charge on any atom is -0.377 e. The number of hydrogen-bond donors (Lipinski definition) is 0. The molecule has 1 atom stereocenters. The zero-order chi connectivity index (χ0) is 13.1. The lowest BCUT2D eigenvalue weighted by atomic mass is 10.1. The lowest BCUT2D eigenvalue weighted by molar-refractivity contribution is 0.0315. The maximum absolute atomic E-state index is 5.79. The van der Waals surface area contributed by atoms with Crippen LogP contribution in [0.1, 0.15) is 26.2 Å². The molecule has 0 radical (unpaired) electrons. The summed E-state index contributed by atoms with van der Waals surface area (Å²) in [6.45, 7) is 4.07. The van der Waals surface area contributed by atoms with E-state index in [1.807, 2.05) is 17.8 Å². The smallest absolute Gasteiger partial charge is 0.169 e. The van der Waals surface area contributed by atoms with Crippen molar-refractivity contribution in [3.05, 3.63) is 24.3 Å². The number of para-hydroxylation sites is 2. The number of benzene rings is 1. The zero-order valence-electron chi connectivity index (χ0n) is 11.3. The van der Waals surface area contributed by atoms with Gasteiger partial charge in [0.05, 0.1) is 17.1 Å². The van der Waals surface area contributed by atoms with Gasteiger partial charge in [0.25, 0.3) is 0 Å². The Hall–Kier alpha value is -1.00. The Morgan fingerprint density at radius 3 is 3.05 bits per heavy atom. The van der Waals surface area contributed by atoms with Crippen LogP contribution in [-0.2, 0) is 11.3 Å². The molecule has 1 saturated heterocycles. The normalized spacial score (nSPS) is 19.9. The lowest BCUT2D eigenvalue weighted by Crippen LogP contribution is -2.21. The predicted octanol–water partition coefficient (Wildman–Crippen LogP) is 3.72. The lowest BCUT2D eigenvalue weighted by Gasteiger charge is -2.21. The van der Waals surface area contributed by atoms with Gasteiger partial charge in [0.1, 0.15) is 0 Å². The van der Waals surface area contributed by atoms with E-state index < -0.39 is 0 Å². The molecule has 1 unspecified atom stereocenters. The van der Waals surface area contributed by atoms with Gasteiger partial charge in [0.15, 0.2) is 5.16 Å². The summed E-state index contributed by atoms with van der Waals surface area (Å²) in [5.41, 5.74) is 2.33. The molecule has 0 amide bonds. The van der Waals surface area contributed by atoms with Crippen LogP contribution in [0.3, 0.4) is 0 Å². The summed E-state index contributed by atoms with van der Waals surface area (Å²) >= 11 is 1.83. The van der Waals surface area contributed by atoms with Gasteiger partial charge in [-0.2, -0.15) is 0 Å². The highest BCUT2D eigenvalue weighted by molar-refractivity contribution is 7.99. The van der Waals surface area contributed by atoms with E-state index in [0.717, 1.165) is 29.6 Å². The van der Waals surface area contributed by atoms with Gasteiger partial charge in [0.2, 0.25) is 0 Å². The van der Waals surface area contributed by atoms with Gasteiger partial charge in [-0.25, -0.2) is 4.98 Å². The predicted molar refractivity (Wildman–Crippen MR) is 79.7 cm³/mol. The van der Waals surface area contributed by atoms with Gasteiger partial charge in [-0.15, -0.1) is 0 Å². The van der Waals surface area contributed by atoms with Crippen LogP contribution in [0.5, 0.6) is 0 Å². The van der Waals surface area contributed by atoms with E-state index in [-0.39, 0.29) is 0 Å². The molecule has 0 aliphatic carbocycles. The fraction of sp³-hybridized carbons (Fsp3) is 0.533. The van der Waals surface area contributed by atoms with Crippen LogP contribution >= 0.6 is 11.8 Å². The molecule has 0 saturated carbocycles.